The summed E-state index contributed by atoms with van der Waals surface area (Å²) < 4.78 is 51.7. The van der Waals surface area contributed by atoms with Crippen LogP contribution >= 0.6 is 0 Å². The van der Waals surface area contributed by atoms with E-state index in [9.17, 15) is 27.9 Å². The van der Waals surface area contributed by atoms with Crippen LogP contribution in [-0.2, 0) is 14.3 Å². The molecule has 1 unspecified atom stereocenters. The van der Waals surface area contributed by atoms with E-state index in [1.165, 1.54) is 24.3 Å². The minimum Gasteiger partial charge on any atom is -0.482 e. The fraction of sp³-hybridized carbons (Fsp3) is 0.250. The lowest BCUT2D eigenvalue weighted by Crippen LogP contribution is -2.23. The lowest BCUT2D eigenvalue weighted by atomic mass is 10.0. The highest BCUT2D eigenvalue weighted by Crippen LogP contribution is 2.34. The van der Waals surface area contributed by atoms with Crippen LogP contribution < -0.4 is 14.8 Å². The third kappa shape index (κ3) is 7.11. The van der Waals surface area contributed by atoms with Crippen molar-refractivity contribution in [2.75, 3.05) is 18.5 Å². The van der Waals surface area contributed by atoms with Crippen molar-refractivity contribution in [3.63, 3.8) is 0 Å². The summed E-state index contributed by atoms with van der Waals surface area (Å²) in [6, 6.07) is 8.91. The quantitative estimate of drug-likeness (QED) is 0.570. The van der Waals surface area contributed by atoms with Gasteiger partial charge in [0.1, 0.15) is 11.5 Å². The standard InChI is InChI=1S/C20H17F3N2O6/c1-2-29-17(26)11-30-16-8-7-14(31-20(21,22)23)9-15(16)18(19(27)28)25-13-5-3-12(10-24)4-6-13/h3-9,18,25H,2,11H2,1H3,(H,27,28). The molecule has 31 heavy (non-hydrogen) atoms. The SMILES string of the molecule is CCOC(=O)COc1ccc(OC(F)(F)F)cc1C(Nc1ccc(C#N)cc1)C(=O)O. The number of halogens is 3. The van der Waals surface area contributed by atoms with E-state index >= 15 is 0 Å². The van der Waals surface area contributed by atoms with Gasteiger partial charge in [-0.05, 0) is 49.4 Å². The maximum Gasteiger partial charge on any atom is 0.573 e. The Morgan fingerprint density at radius 1 is 1.19 bits per heavy atom. The second kappa shape index (κ2) is 10.2. The molecule has 0 radical (unpaired) electrons. The summed E-state index contributed by atoms with van der Waals surface area (Å²) >= 11 is 0. The molecule has 0 amide bonds. The molecule has 2 aromatic rings. The van der Waals surface area contributed by atoms with E-state index in [2.05, 4.69) is 10.1 Å². The number of aliphatic carboxylic acids is 1. The Bertz CT molecular complexity index is 970. The molecule has 0 aliphatic heterocycles. The van der Waals surface area contributed by atoms with Crippen molar-refractivity contribution in [2.45, 2.75) is 19.3 Å². The summed E-state index contributed by atoms with van der Waals surface area (Å²) in [5.41, 5.74) is 0.393. The van der Waals surface area contributed by atoms with Gasteiger partial charge in [-0.1, -0.05) is 0 Å². The second-order valence-electron chi connectivity index (χ2n) is 5.95. The average Bonchev–Trinajstić information content (AvgIpc) is 2.70. The molecule has 11 heteroatoms. The zero-order valence-electron chi connectivity index (χ0n) is 16.1. The first-order valence-electron chi connectivity index (χ1n) is 8.80. The van der Waals surface area contributed by atoms with Crippen molar-refractivity contribution >= 4 is 17.6 Å². The van der Waals surface area contributed by atoms with Crippen LogP contribution in [0, 0.1) is 11.3 Å². The molecule has 0 fully saturated rings. The van der Waals surface area contributed by atoms with E-state index < -0.39 is 36.7 Å². The number of carbonyl (C=O) groups excluding carboxylic acids is 1. The Labute approximate surface area is 174 Å². The van der Waals surface area contributed by atoms with E-state index in [4.69, 9.17) is 14.7 Å². The number of alkyl halides is 3. The number of nitrogens with one attached hydrogen (secondary N) is 1. The van der Waals surface area contributed by atoms with Crippen LogP contribution in [0.25, 0.3) is 0 Å². The van der Waals surface area contributed by atoms with Crippen molar-refractivity contribution < 1.29 is 42.1 Å². The fourth-order valence-electron chi connectivity index (χ4n) is 2.50. The van der Waals surface area contributed by atoms with Gasteiger partial charge in [0.05, 0.1) is 18.2 Å². The maximum absolute atomic E-state index is 12.6. The number of benzene rings is 2. The Kier molecular flexibility index (Phi) is 7.68. The first-order valence-corrected chi connectivity index (χ1v) is 8.80. The Hall–Kier alpha value is -3.94. The summed E-state index contributed by atoms with van der Waals surface area (Å²) in [5, 5.41) is 21.2. The van der Waals surface area contributed by atoms with Gasteiger partial charge in [-0.25, -0.2) is 9.59 Å². The number of carbonyl (C=O) groups is 2. The molecule has 2 aromatic carbocycles. The van der Waals surface area contributed by atoms with Crippen LogP contribution in [-0.4, -0.2) is 36.6 Å². The lowest BCUT2D eigenvalue weighted by Gasteiger charge is -2.21. The molecule has 1 atom stereocenters. The van der Waals surface area contributed by atoms with E-state index in [-0.39, 0.29) is 23.6 Å². The summed E-state index contributed by atoms with van der Waals surface area (Å²) in [5.74, 6) is -3.00. The molecule has 0 bridgehead atoms. The van der Waals surface area contributed by atoms with E-state index in [0.29, 0.717) is 5.56 Å². The van der Waals surface area contributed by atoms with Crippen molar-refractivity contribution in [3.8, 4) is 17.6 Å². The average molecular weight is 438 g/mol. The topological polar surface area (TPSA) is 118 Å². The van der Waals surface area contributed by atoms with Gasteiger partial charge in [-0.3, -0.25) is 0 Å². The van der Waals surface area contributed by atoms with Crippen LogP contribution in [0.15, 0.2) is 42.5 Å². The monoisotopic (exact) mass is 438 g/mol. The summed E-state index contributed by atoms with van der Waals surface area (Å²) in [4.78, 5) is 23.5. The number of ether oxygens (including phenoxy) is 3. The smallest absolute Gasteiger partial charge is 0.482 e. The summed E-state index contributed by atoms with van der Waals surface area (Å²) in [6.07, 6.45) is -5.00. The molecule has 2 rings (SSSR count). The van der Waals surface area contributed by atoms with Crippen LogP contribution in [0.1, 0.15) is 24.1 Å². The normalized spacial score (nSPS) is 11.7. The van der Waals surface area contributed by atoms with Crippen LogP contribution in [0.5, 0.6) is 11.5 Å². The van der Waals surface area contributed by atoms with E-state index in [0.717, 1.165) is 18.2 Å². The highest BCUT2D eigenvalue weighted by atomic mass is 19.4. The number of carboxylic acids is 1. The minimum atomic E-state index is -5.00. The number of rotatable bonds is 9. The van der Waals surface area contributed by atoms with Gasteiger partial charge >= 0.3 is 18.3 Å². The molecular weight excluding hydrogens is 421 g/mol. The van der Waals surface area contributed by atoms with Gasteiger partial charge in [0, 0.05) is 11.3 Å². The maximum atomic E-state index is 12.6. The molecule has 0 aromatic heterocycles. The zero-order valence-corrected chi connectivity index (χ0v) is 16.1. The van der Waals surface area contributed by atoms with Crippen LogP contribution in [0.2, 0.25) is 0 Å². The number of nitrogens with zero attached hydrogens (tertiary/aromatic N) is 1. The molecule has 164 valence electrons. The number of esters is 1. The Balaban J connectivity index is 2.40. The number of anilines is 1. The molecular formula is C20H17F3N2O6. The molecule has 0 heterocycles. The summed E-state index contributed by atoms with van der Waals surface area (Å²) in [6.45, 7) is 1.09. The largest absolute Gasteiger partial charge is 0.573 e. The molecule has 0 spiro atoms. The van der Waals surface area contributed by atoms with Gasteiger partial charge < -0.3 is 24.6 Å². The van der Waals surface area contributed by atoms with Crippen molar-refractivity contribution in [3.05, 3.63) is 53.6 Å². The van der Waals surface area contributed by atoms with E-state index in [1.807, 2.05) is 6.07 Å². The van der Waals surface area contributed by atoms with Gasteiger partial charge in [0.25, 0.3) is 0 Å². The van der Waals surface area contributed by atoms with Crippen molar-refractivity contribution in [1.82, 2.24) is 0 Å². The third-order valence-electron chi connectivity index (χ3n) is 3.75. The van der Waals surface area contributed by atoms with Crippen molar-refractivity contribution in [1.29, 1.82) is 5.26 Å². The highest BCUT2D eigenvalue weighted by Gasteiger charge is 2.32. The highest BCUT2D eigenvalue weighted by molar-refractivity contribution is 5.81. The zero-order chi connectivity index (χ0) is 23.0. The number of carboxylic acid groups (broad SMARTS) is 1. The first kappa shape index (κ1) is 23.3. The molecule has 0 aliphatic rings. The minimum absolute atomic E-state index is 0.0887. The lowest BCUT2D eigenvalue weighted by molar-refractivity contribution is -0.274. The molecule has 0 aliphatic carbocycles. The fourth-order valence-corrected chi connectivity index (χ4v) is 2.50. The number of hydrogen-bond acceptors (Lipinski definition) is 7. The molecule has 8 nitrogen and oxygen atoms in total. The van der Waals surface area contributed by atoms with Gasteiger partial charge in [0.2, 0.25) is 0 Å². The Morgan fingerprint density at radius 3 is 2.42 bits per heavy atom. The summed E-state index contributed by atoms with van der Waals surface area (Å²) in [7, 11) is 0. The van der Waals surface area contributed by atoms with E-state index in [1.54, 1.807) is 6.92 Å². The molecule has 2 N–H and O–H groups in total. The third-order valence-corrected chi connectivity index (χ3v) is 3.75. The van der Waals surface area contributed by atoms with Crippen molar-refractivity contribution in [2.24, 2.45) is 0 Å². The van der Waals surface area contributed by atoms with Crippen LogP contribution in [0.3, 0.4) is 0 Å². The molecule has 0 saturated heterocycles. The number of nitriles is 1. The second-order valence-corrected chi connectivity index (χ2v) is 5.95. The van der Waals surface area contributed by atoms with Gasteiger partial charge in [0.15, 0.2) is 12.6 Å². The van der Waals surface area contributed by atoms with Gasteiger partial charge in [-0.2, -0.15) is 5.26 Å². The predicted molar refractivity (Wildman–Crippen MR) is 100 cm³/mol. The molecule has 0 saturated carbocycles. The first-order chi connectivity index (χ1) is 14.6. The Morgan fingerprint density at radius 2 is 1.87 bits per heavy atom. The van der Waals surface area contributed by atoms with Gasteiger partial charge in [-0.15, -0.1) is 13.2 Å². The van der Waals surface area contributed by atoms with Crippen LogP contribution in [0.4, 0.5) is 18.9 Å². The predicted octanol–water partition coefficient (Wildman–Crippen LogP) is 3.64. The number of hydrogen-bond donors (Lipinski definition) is 2.